The molecule has 0 bridgehead atoms. The average Bonchev–Trinajstić information content (AvgIpc) is 2.77. The Labute approximate surface area is 173 Å². The lowest BCUT2D eigenvalue weighted by Gasteiger charge is -2.41. The summed E-state index contributed by atoms with van der Waals surface area (Å²) in [6, 6.07) is 18.6. The number of methoxy groups -OCH3 is 1. The topological polar surface area (TPSA) is 58.6 Å². The van der Waals surface area contributed by atoms with Gasteiger partial charge in [-0.25, -0.2) is 0 Å². The maximum atomic E-state index is 13.0. The lowest BCUT2D eigenvalue weighted by Crippen LogP contribution is -2.54. The molecule has 1 heterocycles. The lowest BCUT2D eigenvalue weighted by molar-refractivity contribution is -0.141. The summed E-state index contributed by atoms with van der Waals surface area (Å²) in [5.41, 5.74) is 2.80. The van der Waals surface area contributed by atoms with Crippen LogP contribution < -0.4 is 5.32 Å². The van der Waals surface area contributed by atoms with Crippen molar-refractivity contribution in [2.75, 3.05) is 33.9 Å². The first-order valence-electron chi connectivity index (χ1n) is 10.2. The first-order valence-corrected chi connectivity index (χ1v) is 10.2. The van der Waals surface area contributed by atoms with Crippen molar-refractivity contribution in [2.45, 2.75) is 25.7 Å². The van der Waals surface area contributed by atoms with Gasteiger partial charge in [0.25, 0.3) is 0 Å². The molecule has 0 aromatic heterocycles. The molecule has 0 unspecified atom stereocenters. The van der Waals surface area contributed by atoms with E-state index < -0.39 is 5.41 Å². The Kier molecular flexibility index (Phi) is 7.04. The molecule has 1 aliphatic heterocycles. The number of benzene rings is 2. The third kappa shape index (κ3) is 5.04. The number of piperidine rings is 1. The highest BCUT2D eigenvalue weighted by Crippen LogP contribution is 2.35. The molecule has 2 aromatic carbocycles. The summed E-state index contributed by atoms with van der Waals surface area (Å²) < 4.78 is 5.05. The number of amides is 2. The van der Waals surface area contributed by atoms with E-state index in [2.05, 4.69) is 35.6 Å². The number of rotatable bonds is 7. The van der Waals surface area contributed by atoms with Gasteiger partial charge in [-0.3, -0.25) is 9.59 Å². The zero-order chi connectivity index (χ0) is 20.7. The molecule has 2 amide bonds. The normalized spacial score (nSPS) is 19.0. The van der Waals surface area contributed by atoms with Crippen molar-refractivity contribution in [1.82, 2.24) is 10.2 Å². The smallest absolute Gasteiger partial charge is 0.228 e. The third-order valence-electron chi connectivity index (χ3n) is 5.73. The van der Waals surface area contributed by atoms with E-state index in [1.54, 1.807) is 14.2 Å². The van der Waals surface area contributed by atoms with Crippen molar-refractivity contribution in [3.05, 3.63) is 60.2 Å². The van der Waals surface area contributed by atoms with Gasteiger partial charge in [-0.2, -0.15) is 0 Å². The number of ether oxygens (including phenoxy) is 1. The number of likely N-dealkylation sites (tertiary alicyclic amines) is 1. The molecule has 3 rings (SSSR count). The number of nitrogens with one attached hydrogen (secondary N) is 1. The van der Waals surface area contributed by atoms with Crippen LogP contribution in [0.25, 0.3) is 11.1 Å². The molecule has 1 aliphatic rings. The van der Waals surface area contributed by atoms with Gasteiger partial charge in [-0.05, 0) is 36.0 Å². The minimum Gasteiger partial charge on any atom is -0.384 e. The van der Waals surface area contributed by atoms with Crippen molar-refractivity contribution in [3.8, 4) is 11.1 Å². The van der Waals surface area contributed by atoms with Crippen LogP contribution in [0.15, 0.2) is 54.6 Å². The largest absolute Gasteiger partial charge is 0.384 e. The Morgan fingerprint density at radius 3 is 2.59 bits per heavy atom. The van der Waals surface area contributed by atoms with Crippen molar-refractivity contribution in [1.29, 1.82) is 0 Å². The number of carbonyl (C=O) groups excluding carboxylic acids is 2. The van der Waals surface area contributed by atoms with Crippen LogP contribution in [0.2, 0.25) is 0 Å². The van der Waals surface area contributed by atoms with Crippen LogP contribution in [0, 0.1) is 5.41 Å². The lowest BCUT2D eigenvalue weighted by atomic mass is 9.74. The predicted octanol–water partition coefficient (Wildman–Crippen LogP) is 3.29. The van der Waals surface area contributed by atoms with Crippen LogP contribution in [0.1, 0.15) is 24.8 Å². The molecule has 1 saturated heterocycles. The summed E-state index contributed by atoms with van der Waals surface area (Å²) in [5, 5.41) is 2.84. The quantitative estimate of drug-likeness (QED) is 0.784. The highest BCUT2D eigenvalue weighted by Gasteiger charge is 2.42. The number of hydrogen-bond acceptors (Lipinski definition) is 3. The zero-order valence-corrected chi connectivity index (χ0v) is 17.3. The van der Waals surface area contributed by atoms with Crippen molar-refractivity contribution in [2.24, 2.45) is 5.41 Å². The van der Waals surface area contributed by atoms with Crippen LogP contribution in [-0.4, -0.2) is 50.6 Å². The van der Waals surface area contributed by atoms with E-state index in [1.165, 1.54) is 0 Å². The first-order chi connectivity index (χ1) is 14.1. The van der Waals surface area contributed by atoms with Gasteiger partial charge < -0.3 is 15.0 Å². The minimum atomic E-state index is -0.606. The summed E-state index contributed by atoms with van der Waals surface area (Å²) in [6.07, 6.45) is 2.56. The molecule has 5 nitrogen and oxygen atoms in total. The summed E-state index contributed by atoms with van der Waals surface area (Å²) in [6.45, 7) is 1.55. The fourth-order valence-corrected chi connectivity index (χ4v) is 4.25. The van der Waals surface area contributed by atoms with Gasteiger partial charge in [0.15, 0.2) is 0 Å². The second-order valence-corrected chi connectivity index (χ2v) is 7.76. The molecule has 2 aromatic rings. The fraction of sp³-hybridized carbons (Fsp3) is 0.417. The molecule has 154 valence electrons. The Morgan fingerprint density at radius 1 is 1.10 bits per heavy atom. The summed E-state index contributed by atoms with van der Waals surface area (Å²) in [7, 11) is 3.27. The van der Waals surface area contributed by atoms with Gasteiger partial charge in [-0.1, -0.05) is 54.6 Å². The summed E-state index contributed by atoms with van der Waals surface area (Å²) in [4.78, 5) is 27.4. The van der Waals surface area contributed by atoms with Gasteiger partial charge >= 0.3 is 0 Å². The van der Waals surface area contributed by atoms with E-state index in [4.69, 9.17) is 4.74 Å². The highest BCUT2D eigenvalue weighted by atomic mass is 16.5. The van der Waals surface area contributed by atoms with E-state index >= 15 is 0 Å². The van der Waals surface area contributed by atoms with Gasteiger partial charge in [-0.15, -0.1) is 0 Å². The standard InChI is InChI=1S/C24H30N2O3/c1-25-23(28)24(13-7-14-26(18-24)22(27)12-15-29-2)17-19-8-6-11-21(16-19)20-9-4-3-5-10-20/h3-6,8-11,16H,7,12-15,17-18H2,1-2H3,(H,25,28)/t24-/m0/s1. The molecule has 29 heavy (non-hydrogen) atoms. The van der Waals surface area contributed by atoms with Crippen LogP contribution in [-0.2, 0) is 20.7 Å². The maximum absolute atomic E-state index is 13.0. The van der Waals surface area contributed by atoms with Crippen molar-refractivity contribution in [3.63, 3.8) is 0 Å². The van der Waals surface area contributed by atoms with Crippen LogP contribution in [0.4, 0.5) is 0 Å². The third-order valence-corrected chi connectivity index (χ3v) is 5.73. The Morgan fingerprint density at radius 2 is 1.86 bits per heavy atom. The number of carbonyl (C=O) groups is 2. The first kappa shape index (κ1) is 21.1. The Balaban J connectivity index is 1.84. The molecular formula is C24H30N2O3. The molecular weight excluding hydrogens is 364 g/mol. The molecule has 1 fully saturated rings. The van der Waals surface area contributed by atoms with Gasteiger partial charge in [0.1, 0.15) is 0 Å². The van der Waals surface area contributed by atoms with E-state index in [0.29, 0.717) is 32.5 Å². The molecule has 0 saturated carbocycles. The minimum absolute atomic E-state index is 0.00635. The van der Waals surface area contributed by atoms with E-state index in [9.17, 15) is 9.59 Å². The monoisotopic (exact) mass is 394 g/mol. The molecule has 0 spiro atoms. The molecule has 5 heteroatoms. The van der Waals surface area contributed by atoms with E-state index in [1.807, 2.05) is 29.2 Å². The van der Waals surface area contributed by atoms with Gasteiger partial charge in [0.05, 0.1) is 18.4 Å². The van der Waals surface area contributed by atoms with E-state index in [-0.39, 0.29) is 11.8 Å². The van der Waals surface area contributed by atoms with Gasteiger partial charge in [0, 0.05) is 27.2 Å². The number of hydrogen-bond donors (Lipinski definition) is 1. The SMILES string of the molecule is CNC(=O)[C@]1(Cc2cccc(-c3ccccc3)c2)CCCN(C(=O)CCOC)C1. The average molecular weight is 395 g/mol. The molecule has 0 radical (unpaired) electrons. The van der Waals surface area contributed by atoms with Crippen molar-refractivity contribution < 1.29 is 14.3 Å². The predicted molar refractivity (Wildman–Crippen MR) is 114 cm³/mol. The Hall–Kier alpha value is -2.66. The number of nitrogens with zero attached hydrogens (tertiary/aromatic N) is 1. The maximum Gasteiger partial charge on any atom is 0.228 e. The van der Waals surface area contributed by atoms with Crippen molar-refractivity contribution >= 4 is 11.8 Å². The fourth-order valence-electron chi connectivity index (χ4n) is 4.25. The van der Waals surface area contributed by atoms with Crippen LogP contribution >= 0.6 is 0 Å². The second-order valence-electron chi connectivity index (χ2n) is 7.76. The molecule has 1 atom stereocenters. The molecule has 1 N–H and O–H groups in total. The summed E-state index contributed by atoms with van der Waals surface area (Å²) >= 11 is 0. The second kappa shape index (κ2) is 9.70. The molecule has 0 aliphatic carbocycles. The summed E-state index contributed by atoms with van der Waals surface area (Å²) in [5.74, 6) is 0.0599. The Bertz CT molecular complexity index is 837. The highest BCUT2D eigenvalue weighted by molar-refractivity contribution is 5.85. The van der Waals surface area contributed by atoms with E-state index in [0.717, 1.165) is 29.5 Å². The zero-order valence-electron chi connectivity index (χ0n) is 17.3. The van der Waals surface area contributed by atoms with Crippen LogP contribution in [0.3, 0.4) is 0 Å². The van der Waals surface area contributed by atoms with Crippen LogP contribution in [0.5, 0.6) is 0 Å². The van der Waals surface area contributed by atoms with Gasteiger partial charge in [0.2, 0.25) is 11.8 Å².